The number of hydrogen-bond donors (Lipinski definition) is 1. The largest absolute Gasteiger partial charge is 0.484 e. The lowest BCUT2D eigenvalue weighted by Gasteiger charge is -2.09. The van der Waals surface area contributed by atoms with Crippen molar-refractivity contribution in [1.82, 2.24) is 10.2 Å². The molecule has 19 heavy (non-hydrogen) atoms. The summed E-state index contributed by atoms with van der Waals surface area (Å²) in [6, 6.07) is 7.84. The van der Waals surface area contributed by atoms with Crippen LogP contribution in [-0.2, 0) is 6.61 Å². The van der Waals surface area contributed by atoms with E-state index in [1.165, 1.54) is 12.8 Å². The fourth-order valence-electron chi connectivity index (χ4n) is 2.09. The van der Waals surface area contributed by atoms with Crippen LogP contribution < -0.4 is 15.4 Å². The first-order valence-electron chi connectivity index (χ1n) is 6.37. The average Bonchev–Trinajstić information content (AvgIpc) is 3.07. The van der Waals surface area contributed by atoms with Crippen LogP contribution in [0.25, 0.3) is 0 Å². The van der Waals surface area contributed by atoms with Crippen molar-refractivity contribution < 1.29 is 9.15 Å². The topological polar surface area (TPSA) is 77.4 Å². The minimum atomic E-state index is 0.254. The van der Waals surface area contributed by atoms with Crippen LogP contribution in [0.3, 0.4) is 0 Å². The zero-order valence-corrected chi connectivity index (χ0v) is 10.6. The molecular weight excluding hydrogens is 244 g/mol. The van der Waals surface area contributed by atoms with Crippen molar-refractivity contribution in [2.24, 2.45) is 0 Å². The van der Waals surface area contributed by atoms with Crippen LogP contribution in [0.1, 0.15) is 18.7 Å². The Morgan fingerprint density at radius 3 is 2.89 bits per heavy atom. The van der Waals surface area contributed by atoms with Crippen molar-refractivity contribution in [3.8, 4) is 5.75 Å². The molecule has 1 aromatic carbocycles. The number of ether oxygens (including phenoxy) is 1. The second-order valence-electron chi connectivity index (χ2n) is 4.53. The first-order chi connectivity index (χ1) is 9.31. The maximum absolute atomic E-state index is 5.68. The molecule has 2 aromatic rings. The van der Waals surface area contributed by atoms with E-state index in [2.05, 4.69) is 15.1 Å². The average molecular weight is 260 g/mol. The predicted octanol–water partition coefficient (Wildman–Crippen LogP) is 1.83. The molecule has 2 N–H and O–H groups in total. The molecule has 100 valence electrons. The predicted molar refractivity (Wildman–Crippen MR) is 70.9 cm³/mol. The molecule has 1 aliphatic heterocycles. The zero-order chi connectivity index (χ0) is 13.1. The Morgan fingerprint density at radius 1 is 1.26 bits per heavy atom. The molecule has 6 heteroatoms. The molecule has 1 saturated heterocycles. The maximum Gasteiger partial charge on any atom is 0.318 e. The highest BCUT2D eigenvalue weighted by atomic mass is 16.5. The third-order valence-electron chi connectivity index (χ3n) is 3.05. The molecule has 0 radical (unpaired) electrons. The highest BCUT2D eigenvalue weighted by Gasteiger charge is 2.18. The summed E-state index contributed by atoms with van der Waals surface area (Å²) >= 11 is 0. The molecule has 3 rings (SSSR count). The second kappa shape index (κ2) is 5.17. The molecule has 6 nitrogen and oxygen atoms in total. The van der Waals surface area contributed by atoms with Gasteiger partial charge in [0.15, 0.2) is 6.61 Å². The Balaban J connectivity index is 1.61. The fraction of sp³-hybridized carbons (Fsp3) is 0.385. The van der Waals surface area contributed by atoms with Crippen molar-refractivity contribution in [3.63, 3.8) is 0 Å². The first kappa shape index (κ1) is 11.8. The highest BCUT2D eigenvalue weighted by Crippen LogP contribution is 2.20. The number of aromatic nitrogens is 2. The van der Waals surface area contributed by atoms with E-state index in [0.717, 1.165) is 13.1 Å². The van der Waals surface area contributed by atoms with Gasteiger partial charge in [-0.15, -0.1) is 5.10 Å². The van der Waals surface area contributed by atoms with E-state index in [1.54, 1.807) is 6.07 Å². The molecule has 0 atom stereocenters. The van der Waals surface area contributed by atoms with E-state index in [9.17, 15) is 0 Å². The number of nitrogens with zero attached hydrogens (tertiary/aromatic N) is 3. The quantitative estimate of drug-likeness (QED) is 0.845. The van der Waals surface area contributed by atoms with Crippen molar-refractivity contribution in [2.75, 3.05) is 23.7 Å². The fourth-order valence-corrected chi connectivity index (χ4v) is 2.09. The van der Waals surface area contributed by atoms with E-state index in [1.807, 2.05) is 18.2 Å². The lowest BCUT2D eigenvalue weighted by atomic mass is 10.3. The van der Waals surface area contributed by atoms with Gasteiger partial charge in [0.1, 0.15) is 5.75 Å². The maximum atomic E-state index is 5.68. The number of nitrogen functional groups attached to an aromatic ring is 1. The van der Waals surface area contributed by atoms with Crippen LogP contribution >= 0.6 is 0 Å². The Bertz CT molecular complexity index is 549. The third-order valence-corrected chi connectivity index (χ3v) is 3.05. The Morgan fingerprint density at radius 2 is 2.11 bits per heavy atom. The van der Waals surface area contributed by atoms with Gasteiger partial charge in [-0.2, -0.15) is 0 Å². The van der Waals surface area contributed by atoms with Gasteiger partial charge in [-0.05, 0) is 25.0 Å². The van der Waals surface area contributed by atoms with Crippen LogP contribution in [0.5, 0.6) is 5.75 Å². The molecular formula is C13H16N4O2. The van der Waals surface area contributed by atoms with Crippen molar-refractivity contribution in [2.45, 2.75) is 19.4 Å². The van der Waals surface area contributed by atoms with Gasteiger partial charge in [-0.1, -0.05) is 11.2 Å². The molecule has 0 unspecified atom stereocenters. The van der Waals surface area contributed by atoms with Gasteiger partial charge < -0.3 is 19.8 Å². The van der Waals surface area contributed by atoms with Gasteiger partial charge >= 0.3 is 6.01 Å². The summed E-state index contributed by atoms with van der Waals surface area (Å²) in [7, 11) is 0. The normalized spacial score (nSPS) is 14.8. The van der Waals surface area contributed by atoms with E-state index in [4.69, 9.17) is 14.9 Å². The summed E-state index contributed by atoms with van der Waals surface area (Å²) in [5.74, 6) is 1.17. The Kier molecular flexibility index (Phi) is 3.22. The smallest absolute Gasteiger partial charge is 0.318 e. The van der Waals surface area contributed by atoms with E-state index >= 15 is 0 Å². The van der Waals surface area contributed by atoms with E-state index in [0.29, 0.717) is 23.3 Å². The Labute approximate surface area is 111 Å². The van der Waals surface area contributed by atoms with Crippen molar-refractivity contribution in [3.05, 3.63) is 30.2 Å². The number of anilines is 2. The van der Waals surface area contributed by atoms with Crippen LogP contribution in [0.15, 0.2) is 28.7 Å². The highest BCUT2D eigenvalue weighted by molar-refractivity contribution is 5.43. The lowest BCUT2D eigenvalue weighted by molar-refractivity contribution is 0.264. The molecule has 0 bridgehead atoms. The molecule has 1 aromatic heterocycles. The van der Waals surface area contributed by atoms with Gasteiger partial charge in [0.25, 0.3) is 5.89 Å². The number of hydrogen-bond acceptors (Lipinski definition) is 6. The minimum Gasteiger partial charge on any atom is -0.484 e. The summed E-state index contributed by atoms with van der Waals surface area (Å²) in [5.41, 5.74) is 6.34. The van der Waals surface area contributed by atoms with Crippen molar-refractivity contribution >= 4 is 11.7 Å². The van der Waals surface area contributed by atoms with Crippen LogP contribution in [0, 0.1) is 0 Å². The van der Waals surface area contributed by atoms with Crippen molar-refractivity contribution in [1.29, 1.82) is 0 Å². The summed E-state index contributed by atoms with van der Waals surface area (Å²) in [6.07, 6.45) is 2.36. The summed E-state index contributed by atoms with van der Waals surface area (Å²) in [5, 5.41) is 8.02. The summed E-state index contributed by atoms with van der Waals surface area (Å²) in [4.78, 5) is 2.09. The number of benzene rings is 1. The standard InChI is InChI=1S/C13H16N4O2/c14-10-4-3-5-11(8-10)18-9-12-15-16-13(19-12)17-6-1-2-7-17/h3-5,8H,1-2,6-7,9,14H2. The first-order valence-corrected chi connectivity index (χ1v) is 6.37. The molecule has 2 heterocycles. The SMILES string of the molecule is Nc1cccc(OCc2nnc(N3CCCC3)o2)c1. The monoisotopic (exact) mass is 260 g/mol. The molecule has 0 spiro atoms. The Hall–Kier alpha value is -2.24. The van der Waals surface area contributed by atoms with Gasteiger partial charge in [0, 0.05) is 24.8 Å². The van der Waals surface area contributed by atoms with E-state index < -0.39 is 0 Å². The van der Waals surface area contributed by atoms with Gasteiger partial charge in [0.05, 0.1) is 0 Å². The zero-order valence-electron chi connectivity index (χ0n) is 10.6. The van der Waals surface area contributed by atoms with Gasteiger partial charge in [-0.25, -0.2) is 0 Å². The lowest BCUT2D eigenvalue weighted by Crippen LogP contribution is -2.17. The summed E-state index contributed by atoms with van der Waals surface area (Å²) < 4.78 is 11.1. The molecule has 0 saturated carbocycles. The van der Waals surface area contributed by atoms with E-state index in [-0.39, 0.29) is 6.61 Å². The molecule has 1 aliphatic rings. The van der Waals surface area contributed by atoms with Crippen LogP contribution in [0.2, 0.25) is 0 Å². The molecule has 1 fully saturated rings. The molecule has 0 amide bonds. The van der Waals surface area contributed by atoms with Gasteiger partial charge in [0.2, 0.25) is 0 Å². The van der Waals surface area contributed by atoms with Crippen LogP contribution in [0.4, 0.5) is 11.7 Å². The minimum absolute atomic E-state index is 0.254. The third kappa shape index (κ3) is 2.78. The second-order valence-corrected chi connectivity index (χ2v) is 4.53. The van der Waals surface area contributed by atoms with Crippen LogP contribution in [-0.4, -0.2) is 23.3 Å². The number of rotatable bonds is 4. The number of nitrogens with two attached hydrogens (primary N) is 1. The van der Waals surface area contributed by atoms with Gasteiger partial charge in [-0.3, -0.25) is 0 Å². The summed E-state index contributed by atoms with van der Waals surface area (Å²) in [6.45, 7) is 2.22. The molecule has 0 aliphatic carbocycles.